The Hall–Kier alpha value is -1.26. The first kappa shape index (κ1) is 12.8. The molecule has 0 aliphatic heterocycles. The summed E-state index contributed by atoms with van der Waals surface area (Å²) in [4.78, 5) is 0. The van der Waals surface area contributed by atoms with E-state index in [0.717, 1.165) is 17.5 Å². The highest BCUT2D eigenvalue weighted by Crippen LogP contribution is 2.60. The summed E-state index contributed by atoms with van der Waals surface area (Å²) in [7, 11) is 3.15. The number of aliphatic hydroxyl groups is 2. The number of aliphatic hydroxyl groups excluding tert-OH is 1. The average Bonchev–Trinajstić information content (AvgIpc) is 2.43. The molecule has 0 radical (unpaired) electrons. The lowest BCUT2D eigenvalue weighted by molar-refractivity contribution is -0.174. The third kappa shape index (κ3) is 1.53. The molecule has 4 heteroatoms. The van der Waals surface area contributed by atoms with Crippen LogP contribution in [0.2, 0.25) is 0 Å². The summed E-state index contributed by atoms with van der Waals surface area (Å²) in [6, 6.07) is 3.61. The van der Waals surface area contributed by atoms with Crippen LogP contribution in [0.4, 0.5) is 0 Å². The third-order valence-corrected chi connectivity index (χ3v) is 4.87. The first-order valence-corrected chi connectivity index (χ1v) is 6.69. The Morgan fingerprint density at radius 3 is 2.37 bits per heavy atom. The second-order valence-corrected chi connectivity index (χ2v) is 5.70. The fourth-order valence-electron chi connectivity index (χ4n) is 3.70. The van der Waals surface area contributed by atoms with Crippen molar-refractivity contribution in [2.45, 2.75) is 31.5 Å². The topological polar surface area (TPSA) is 58.9 Å². The van der Waals surface area contributed by atoms with Gasteiger partial charge in [0.15, 0.2) is 11.5 Å². The number of benzene rings is 1. The zero-order chi connectivity index (χ0) is 13.8. The minimum absolute atomic E-state index is 0.142. The van der Waals surface area contributed by atoms with E-state index in [1.165, 1.54) is 0 Å². The van der Waals surface area contributed by atoms with Gasteiger partial charge in [-0.25, -0.2) is 0 Å². The largest absolute Gasteiger partial charge is 0.493 e. The molecule has 1 aromatic rings. The Labute approximate surface area is 113 Å². The van der Waals surface area contributed by atoms with Crippen molar-refractivity contribution in [1.29, 1.82) is 0 Å². The van der Waals surface area contributed by atoms with Crippen LogP contribution < -0.4 is 9.47 Å². The molecule has 19 heavy (non-hydrogen) atoms. The molecule has 0 aromatic heterocycles. The fourth-order valence-corrected chi connectivity index (χ4v) is 3.70. The minimum atomic E-state index is -0.825. The highest BCUT2D eigenvalue weighted by Gasteiger charge is 2.57. The van der Waals surface area contributed by atoms with E-state index in [1.54, 1.807) is 20.3 Å². The standard InChI is InChI=1S/C15H20O4/c1-8-4-9-5-12(16)10-6-13(18-2)14(19-3)7-11(10)15(8,9)17/h6-9,12,16-17H,4-5H2,1-3H3/t8-,9+,12+,15-/m0/s1. The van der Waals surface area contributed by atoms with E-state index < -0.39 is 11.7 Å². The highest BCUT2D eigenvalue weighted by atomic mass is 16.5. The van der Waals surface area contributed by atoms with Crippen LogP contribution in [-0.2, 0) is 5.60 Å². The van der Waals surface area contributed by atoms with Gasteiger partial charge in [0.25, 0.3) is 0 Å². The Kier molecular flexibility index (Phi) is 2.76. The van der Waals surface area contributed by atoms with E-state index in [-0.39, 0.29) is 11.8 Å². The van der Waals surface area contributed by atoms with Gasteiger partial charge in [-0.15, -0.1) is 0 Å². The minimum Gasteiger partial charge on any atom is -0.493 e. The van der Waals surface area contributed by atoms with Crippen LogP contribution in [0.1, 0.15) is 37.0 Å². The van der Waals surface area contributed by atoms with E-state index in [1.807, 2.05) is 6.07 Å². The quantitative estimate of drug-likeness (QED) is 0.857. The molecule has 0 bridgehead atoms. The second-order valence-electron chi connectivity index (χ2n) is 5.70. The summed E-state index contributed by atoms with van der Waals surface area (Å²) in [5.41, 5.74) is 0.740. The number of hydrogen-bond acceptors (Lipinski definition) is 4. The lowest BCUT2D eigenvalue weighted by Crippen LogP contribution is -2.54. The molecule has 104 valence electrons. The Bertz CT molecular complexity index is 513. The molecule has 1 fully saturated rings. The van der Waals surface area contributed by atoms with Crippen LogP contribution in [0.5, 0.6) is 11.5 Å². The Morgan fingerprint density at radius 1 is 1.16 bits per heavy atom. The summed E-state index contributed by atoms with van der Waals surface area (Å²) in [6.07, 6.45) is 1.04. The van der Waals surface area contributed by atoms with Gasteiger partial charge in [-0.05, 0) is 47.9 Å². The van der Waals surface area contributed by atoms with Crippen LogP contribution in [0, 0.1) is 11.8 Å². The lowest BCUT2D eigenvalue weighted by Gasteiger charge is -2.55. The van der Waals surface area contributed by atoms with E-state index >= 15 is 0 Å². The average molecular weight is 264 g/mol. The maximum atomic E-state index is 10.9. The van der Waals surface area contributed by atoms with Gasteiger partial charge in [-0.1, -0.05) is 6.92 Å². The molecule has 1 aromatic carbocycles. The van der Waals surface area contributed by atoms with Gasteiger partial charge in [0, 0.05) is 0 Å². The number of ether oxygens (including phenoxy) is 2. The van der Waals surface area contributed by atoms with Gasteiger partial charge >= 0.3 is 0 Å². The summed E-state index contributed by atoms with van der Waals surface area (Å²) in [6.45, 7) is 2.05. The molecule has 3 rings (SSSR count). The van der Waals surface area contributed by atoms with Crippen molar-refractivity contribution >= 4 is 0 Å². The van der Waals surface area contributed by atoms with Crippen molar-refractivity contribution in [3.8, 4) is 11.5 Å². The van der Waals surface area contributed by atoms with Crippen molar-refractivity contribution in [2.75, 3.05) is 14.2 Å². The Balaban J connectivity index is 2.18. The van der Waals surface area contributed by atoms with Gasteiger partial charge in [0.2, 0.25) is 0 Å². The van der Waals surface area contributed by atoms with Gasteiger partial charge < -0.3 is 19.7 Å². The van der Waals surface area contributed by atoms with E-state index in [2.05, 4.69) is 6.92 Å². The maximum Gasteiger partial charge on any atom is 0.161 e. The van der Waals surface area contributed by atoms with Crippen LogP contribution in [-0.4, -0.2) is 24.4 Å². The SMILES string of the molecule is COc1cc2c(cc1OC)[C@@]1(O)[C@@H](C[C@H]2O)C[C@@H]1C. The van der Waals surface area contributed by atoms with Gasteiger partial charge in [0.05, 0.1) is 25.9 Å². The molecule has 4 atom stereocenters. The molecule has 0 heterocycles. The predicted octanol–water partition coefficient (Wildman–Crippen LogP) is 1.98. The maximum absolute atomic E-state index is 10.9. The fraction of sp³-hybridized carbons (Fsp3) is 0.600. The molecule has 2 N–H and O–H groups in total. The molecule has 2 aliphatic carbocycles. The molecule has 0 amide bonds. The second kappa shape index (κ2) is 4.12. The molecular weight excluding hydrogens is 244 g/mol. The molecule has 1 saturated carbocycles. The highest BCUT2D eigenvalue weighted by molar-refractivity contribution is 5.52. The van der Waals surface area contributed by atoms with Gasteiger partial charge in [0.1, 0.15) is 0 Å². The smallest absolute Gasteiger partial charge is 0.161 e. The van der Waals surface area contributed by atoms with Crippen LogP contribution >= 0.6 is 0 Å². The van der Waals surface area contributed by atoms with Crippen LogP contribution in [0.25, 0.3) is 0 Å². The summed E-state index contributed by atoms with van der Waals surface area (Å²) < 4.78 is 10.6. The number of hydrogen-bond donors (Lipinski definition) is 2. The predicted molar refractivity (Wildman–Crippen MR) is 70.3 cm³/mol. The lowest BCUT2D eigenvalue weighted by atomic mass is 9.53. The summed E-state index contributed by atoms with van der Waals surface area (Å²) in [5.74, 6) is 1.54. The van der Waals surface area contributed by atoms with Crippen molar-refractivity contribution in [3.63, 3.8) is 0 Å². The molecular formula is C15H20O4. The van der Waals surface area contributed by atoms with Crippen molar-refractivity contribution in [2.24, 2.45) is 11.8 Å². The molecule has 0 saturated heterocycles. The van der Waals surface area contributed by atoms with E-state index in [4.69, 9.17) is 9.47 Å². The van der Waals surface area contributed by atoms with Gasteiger partial charge in [-0.3, -0.25) is 0 Å². The monoisotopic (exact) mass is 264 g/mol. The zero-order valence-corrected chi connectivity index (χ0v) is 11.5. The molecule has 0 unspecified atom stereocenters. The normalized spacial score (nSPS) is 35.9. The number of methoxy groups -OCH3 is 2. The number of fused-ring (bicyclic) bond motifs is 3. The first-order valence-electron chi connectivity index (χ1n) is 6.69. The first-order chi connectivity index (χ1) is 9.02. The molecule has 0 spiro atoms. The number of rotatable bonds is 2. The van der Waals surface area contributed by atoms with E-state index in [0.29, 0.717) is 17.9 Å². The summed E-state index contributed by atoms with van der Waals surface area (Å²) in [5, 5.41) is 21.2. The zero-order valence-electron chi connectivity index (χ0n) is 11.5. The van der Waals surface area contributed by atoms with Crippen LogP contribution in [0.3, 0.4) is 0 Å². The van der Waals surface area contributed by atoms with Crippen molar-refractivity contribution in [1.82, 2.24) is 0 Å². The Morgan fingerprint density at radius 2 is 1.79 bits per heavy atom. The molecule has 2 aliphatic rings. The molecule has 4 nitrogen and oxygen atoms in total. The van der Waals surface area contributed by atoms with Crippen molar-refractivity contribution < 1.29 is 19.7 Å². The van der Waals surface area contributed by atoms with E-state index in [9.17, 15) is 10.2 Å². The third-order valence-electron chi connectivity index (χ3n) is 4.87. The van der Waals surface area contributed by atoms with Crippen molar-refractivity contribution in [3.05, 3.63) is 23.3 Å². The summed E-state index contributed by atoms with van der Waals surface area (Å²) >= 11 is 0. The van der Waals surface area contributed by atoms with Crippen LogP contribution in [0.15, 0.2) is 12.1 Å². The van der Waals surface area contributed by atoms with Gasteiger partial charge in [-0.2, -0.15) is 0 Å².